The smallest absolute Gasteiger partial charge is 0.153 e. The molecule has 0 spiro atoms. The first kappa shape index (κ1) is 12.7. The molecular formula is C15H19N5. The Morgan fingerprint density at radius 3 is 2.65 bits per heavy atom. The molecule has 0 amide bonds. The second kappa shape index (κ2) is 5.00. The van der Waals surface area contributed by atoms with Crippen molar-refractivity contribution in [1.29, 1.82) is 0 Å². The molecule has 0 aliphatic heterocycles. The maximum Gasteiger partial charge on any atom is 0.153 e. The molecule has 0 aliphatic rings. The molecule has 2 N–H and O–H groups in total. The Bertz CT molecular complexity index is 738. The molecule has 0 atom stereocenters. The first-order valence-electron chi connectivity index (χ1n) is 6.99. The molecule has 2 aromatic heterocycles. The van der Waals surface area contributed by atoms with Crippen LogP contribution in [0.15, 0.2) is 30.3 Å². The number of benzene rings is 1. The molecule has 0 bridgehead atoms. The van der Waals surface area contributed by atoms with Crippen LogP contribution in [-0.2, 0) is 19.5 Å². The van der Waals surface area contributed by atoms with Crippen molar-refractivity contribution in [2.45, 2.75) is 33.4 Å². The average molecular weight is 269 g/mol. The van der Waals surface area contributed by atoms with Crippen LogP contribution < -0.4 is 5.73 Å². The molecule has 5 heteroatoms. The third-order valence-electron chi connectivity index (χ3n) is 3.57. The van der Waals surface area contributed by atoms with E-state index in [2.05, 4.69) is 30.1 Å². The molecule has 20 heavy (non-hydrogen) atoms. The zero-order valence-electron chi connectivity index (χ0n) is 11.9. The van der Waals surface area contributed by atoms with Gasteiger partial charge < -0.3 is 5.73 Å². The summed E-state index contributed by atoms with van der Waals surface area (Å²) in [5, 5.41) is 10.0. The third kappa shape index (κ3) is 2.05. The van der Waals surface area contributed by atoms with Crippen LogP contribution in [0.4, 0.5) is 5.82 Å². The molecule has 2 heterocycles. The number of nitrogen functional groups attached to an aromatic ring is 1. The van der Waals surface area contributed by atoms with Gasteiger partial charge in [-0.15, -0.1) is 0 Å². The normalized spacial score (nSPS) is 11.3. The van der Waals surface area contributed by atoms with Gasteiger partial charge >= 0.3 is 0 Å². The minimum atomic E-state index is 0.582. The molecule has 3 rings (SSSR count). The van der Waals surface area contributed by atoms with Gasteiger partial charge in [0.2, 0.25) is 0 Å². The first-order valence-corrected chi connectivity index (χ1v) is 6.99. The molecule has 0 saturated carbocycles. The minimum absolute atomic E-state index is 0.582. The number of nitrogens with two attached hydrogens (primary N) is 1. The minimum Gasteiger partial charge on any atom is -0.382 e. The molecule has 104 valence electrons. The maximum absolute atomic E-state index is 5.98. The summed E-state index contributed by atoms with van der Waals surface area (Å²) in [6.45, 7) is 5.78. The Kier molecular flexibility index (Phi) is 3.18. The molecule has 0 unspecified atom stereocenters. The van der Waals surface area contributed by atoms with Gasteiger partial charge in [0.15, 0.2) is 5.82 Å². The lowest BCUT2D eigenvalue weighted by molar-refractivity contribution is 0.581. The van der Waals surface area contributed by atoms with Crippen LogP contribution in [0.1, 0.15) is 25.2 Å². The van der Waals surface area contributed by atoms with E-state index in [1.54, 1.807) is 0 Å². The van der Waals surface area contributed by atoms with Crippen molar-refractivity contribution in [3.63, 3.8) is 0 Å². The average Bonchev–Trinajstić information content (AvgIpc) is 3.02. The van der Waals surface area contributed by atoms with Gasteiger partial charge in [-0.2, -0.15) is 10.2 Å². The van der Waals surface area contributed by atoms with Crippen LogP contribution in [0, 0.1) is 0 Å². The number of hydrogen-bond donors (Lipinski definition) is 1. The molecule has 0 aliphatic carbocycles. The van der Waals surface area contributed by atoms with E-state index in [9.17, 15) is 0 Å². The highest BCUT2D eigenvalue weighted by Crippen LogP contribution is 2.21. The van der Waals surface area contributed by atoms with Crippen LogP contribution in [0.5, 0.6) is 0 Å². The summed E-state index contributed by atoms with van der Waals surface area (Å²) in [6, 6.07) is 10.2. The lowest BCUT2D eigenvalue weighted by atomic mass is 10.2. The summed E-state index contributed by atoms with van der Waals surface area (Å²) in [6.07, 6.45) is 0.946. The molecule has 0 saturated heterocycles. The Labute approximate surface area is 118 Å². The van der Waals surface area contributed by atoms with E-state index >= 15 is 0 Å². The number of hydrogen-bond acceptors (Lipinski definition) is 3. The van der Waals surface area contributed by atoms with Crippen molar-refractivity contribution < 1.29 is 0 Å². The highest BCUT2D eigenvalue weighted by atomic mass is 15.3. The lowest BCUT2D eigenvalue weighted by Gasteiger charge is -2.05. The zero-order chi connectivity index (χ0) is 14.1. The van der Waals surface area contributed by atoms with Crippen molar-refractivity contribution >= 4 is 16.7 Å². The molecule has 1 aromatic carbocycles. The standard InChI is InChI=1S/C15H19N5/c1-3-11-9-12(19(4-2)17-11)10-20-14-8-6-5-7-13(14)15(16)18-20/h5-9H,3-4,10H2,1-2H3,(H2,16,18). The number of fused-ring (bicyclic) bond motifs is 1. The van der Waals surface area contributed by atoms with E-state index in [4.69, 9.17) is 5.73 Å². The summed E-state index contributed by atoms with van der Waals surface area (Å²) >= 11 is 0. The monoisotopic (exact) mass is 269 g/mol. The van der Waals surface area contributed by atoms with E-state index in [1.165, 1.54) is 0 Å². The highest BCUT2D eigenvalue weighted by Gasteiger charge is 2.11. The quantitative estimate of drug-likeness (QED) is 0.791. The fraction of sp³-hybridized carbons (Fsp3) is 0.333. The molecule has 0 fully saturated rings. The summed E-state index contributed by atoms with van der Waals surface area (Å²) in [7, 11) is 0. The van der Waals surface area contributed by atoms with Gasteiger partial charge in [0, 0.05) is 11.9 Å². The van der Waals surface area contributed by atoms with Crippen molar-refractivity contribution in [3.05, 3.63) is 41.7 Å². The van der Waals surface area contributed by atoms with Crippen LogP contribution in [0.25, 0.3) is 10.9 Å². The van der Waals surface area contributed by atoms with Crippen LogP contribution in [0.3, 0.4) is 0 Å². The number of nitrogens with zero attached hydrogens (tertiary/aromatic N) is 4. The van der Waals surface area contributed by atoms with Crippen molar-refractivity contribution in [3.8, 4) is 0 Å². The second-order valence-electron chi connectivity index (χ2n) is 4.86. The Morgan fingerprint density at radius 1 is 1.10 bits per heavy atom. The lowest BCUT2D eigenvalue weighted by Crippen LogP contribution is -2.09. The number of aryl methyl sites for hydroxylation is 2. The van der Waals surface area contributed by atoms with Gasteiger partial charge in [-0.1, -0.05) is 19.1 Å². The molecule has 3 aromatic rings. The van der Waals surface area contributed by atoms with E-state index in [0.717, 1.165) is 35.3 Å². The molecule has 5 nitrogen and oxygen atoms in total. The third-order valence-corrected chi connectivity index (χ3v) is 3.57. The van der Waals surface area contributed by atoms with Crippen molar-refractivity contribution in [2.24, 2.45) is 0 Å². The summed E-state index contributed by atoms with van der Waals surface area (Å²) in [5.74, 6) is 0.582. The second-order valence-corrected chi connectivity index (χ2v) is 4.86. The number of rotatable bonds is 4. The fourth-order valence-corrected chi connectivity index (χ4v) is 2.52. The topological polar surface area (TPSA) is 61.7 Å². The first-order chi connectivity index (χ1) is 9.72. The Morgan fingerprint density at radius 2 is 1.90 bits per heavy atom. The highest BCUT2D eigenvalue weighted by molar-refractivity contribution is 5.89. The molecule has 0 radical (unpaired) electrons. The predicted octanol–water partition coefficient (Wildman–Crippen LogP) is 2.45. The summed E-state index contributed by atoms with van der Waals surface area (Å²) in [5.41, 5.74) is 9.32. The van der Waals surface area contributed by atoms with Crippen LogP contribution in [0.2, 0.25) is 0 Å². The SMILES string of the molecule is CCc1cc(Cn2nc(N)c3ccccc32)n(CC)n1. The zero-order valence-corrected chi connectivity index (χ0v) is 11.9. The fourth-order valence-electron chi connectivity index (χ4n) is 2.52. The Balaban J connectivity index is 2.03. The summed E-state index contributed by atoms with van der Waals surface area (Å²) < 4.78 is 3.98. The van der Waals surface area contributed by atoms with Gasteiger partial charge in [0.05, 0.1) is 23.4 Å². The Hall–Kier alpha value is -2.30. The summed E-state index contributed by atoms with van der Waals surface area (Å²) in [4.78, 5) is 0. The largest absolute Gasteiger partial charge is 0.382 e. The predicted molar refractivity (Wildman–Crippen MR) is 80.5 cm³/mol. The number of para-hydroxylation sites is 1. The van der Waals surface area contributed by atoms with Gasteiger partial charge in [-0.3, -0.25) is 9.36 Å². The number of anilines is 1. The maximum atomic E-state index is 5.98. The van der Waals surface area contributed by atoms with Gasteiger partial charge in [-0.25, -0.2) is 0 Å². The van der Waals surface area contributed by atoms with E-state index in [1.807, 2.05) is 33.6 Å². The van der Waals surface area contributed by atoms with Gasteiger partial charge in [0.25, 0.3) is 0 Å². The van der Waals surface area contributed by atoms with Crippen molar-refractivity contribution in [2.75, 3.05) is 5.73 Å². The van der Waals surface area contributed by atoms with Gasteiger partial charge in [0.1, 0.15) is 0 Å². The molecular weight excluding hydrogens is 250 g/mol. The van der Waals surface area contributed by atoms with Crippen molar-refractivity contribution in [1.82, 2.24) is 19.6 Å². The van der Waals surface area contributed by atoms with E-state index in [0.29, 0.717) is 12.4 Å². The number of aromatic nitrogens is 4. The van der Waals surface area contributed by atoms with Crippen LogP contribution in [-0.4, -0.2) is 19.6 Å². The van der Waals surface area contributed by atoms with Gasteiger partial charge in [-0.05, 0) is 31.5 Å². The van der Waals surface area contributed by atoms with E-state index in [-0.39, 0.29) is 0 Å². The van der Waals surface area contributed by atoms with Crippen LogP contribution >= 0.6 is 0 Å². The van der Waals surface area contributed by atoms with E-state index < -0.39 is 0 Å².